The average molecular weight is 320 g/mol. The van der Waals surface area contributed by atoms with E-state index >= 15 is 0 Å². The number of hydrogen-bond donors (Lipinski definition) is 1. The summed E-state index contributed by atoms with van der Waals surface area (Å²) >= 11 is 0. The molecule has 1 N–H and O–H groups in total. The number of likely N-dealkylation sites (N-methyl/N-ethyl adjacent to an activating group) is 1. The van der Waals surface area contributed by atoms with Crippen molar-refractivity contribution in [3.63, 3.8) is 0 Å². The summed E-state index contributed by atoms with van der Waals surface area (Å²) in [7, 11) is 1.66. The van der Waals surface area contributed by atoms with Gasteiger partial charge in [0.2, 0.25) is 11.9 Å². The van der Waals surface area contributed by atoms with E-state index in [4.69, 9.17) is 4.74 Å². The molecule has 2 aliphatic heterocycles. The molecule has 1 amide bonds. The summed E-state index contributed by atoms with van der Waals surface area (Å²) < 4.78 is 5.36. The molecule has 2 fully saturated rings. The molecule has 126 valence electrons. The molecule has 8 nitrogen and oxygen atoms in total. The molecule has 0 aliphatic carbocycles. The van der Waals surface area contributed by atoms with Crippen LogP contribution in [0.1, 0.15) is 31.1 Å². The van der Waals surface area contributed by atoms with Gasteiger partial charge in [-0.2, -0.15) is 4.98 Å². The van der Waals surface area contributed by atoms with Crippen molar-refractivity contribution in [1.29, 1.82) is 0 Å². The summed E-state index contributed by atoms with van der Waals surface area (Å²) in [5.74, 6) is 1.10. The second-order valence-electron chi connectivity index (χ2n) is 5.86. The van der Waals surface area contributed by atoms with Crippen LogP contribution in [-0.2, 0) is 9.53 Å². The zero-order valence-corrected chi connectivity index (χ0v) is 13.6. The van der Waals surface area contributed by atoms with Crippen molar-refractivity contribution in [2.45, 2.75) is 25.3 Å². The van der Waals surface area contributed by atoms with Crippen LogP contribution < -0.4 is 10.2 Å². The Labute approximate surface area is 136 Å². The van der Waals surface area contributed by atoms with Crippen molar-refractivity contribution >= 4 is 11.9 Å². The lowest BCUT2D eigenvalue weighted by atomic mass is 10.1. The Morgan fingerprint density at radius 1 is 1.17 bits per heavy atom. The minimum Gasteiger partial charge on any atom is -0.378 e. The van der Waals surface area contributed by atoms with E-state index in [1.807, 2.05) is 0 Å². The molecule has 8 heteroatoms. The Balaban J connectivity index is 1.84. The first-order valence-electron chi connectivity index (χ1n) is 8.27. The van der Waals surface area contributed by atoms with Gasteiger partial charge < -0.3 is 15.0 Å². The van der Waals surface area contributed by atoms with Gasteiger partial charge in [-0.3, -0.25) is 9.69 Å². The summed E-state index contributed by atoms with van der Waals surface area (Å²) in [6, 6.07) is -0.442. The maximum Gasteiger partial charge on any atom is 0.245 e. The maximum atomic E-state index is 12.4. The first kappa shape index (κ1) is 16.1. The lowest BCUT2D eigenvalue weighted by molar-refractivity contribution is -0.126. The van der Waals surface area contributed by atoms with Crippen molar-refractivity contribution in [3.8, 4) is 0 Å². The van der Waals surface area contributed by atoms with Crippen molar-refractivity contribution in [1.82, 2.24) is 25.2 Å². The summed E-state index contributed by atoms with van der Waals surface area (Å²) in [5.41, 5.74) is 0. The number of morpholine rings is 1. The summed E-state index contributed by atoms with van der Waals surface area (Å²) in [6.45, 7) is 4.67. The Morgan fingerprint density at radius 2 is 1.91 bits per heavy atom. The van der Waals surface area contributed by atoms with E-state index in [2.05, 4.69) is 30.1 Å². The van der Waals surface area contributed by atoms with E-state index in [-0.39, 0.29) is 5.91 Å². The number of aromatic nitrogens is 3. The van der Waals surface area contributed by atoms with Gasteiger partial charge in [0, 0.05) is 20.1 Å². The predicted octanol–water partition coefficient (Wildman–Crippen LogP) is -0.0188. The van der Waals surface area contributed by atoms with Gasteiger partial charge in [-0.15, -0.1) is 0 Å². The van der Waals surface area contributed by atoms with Crippen molar-refractivity contribution in [2.24, 2.45) is 0 Å². The van der Waals surface area contributed by atoms with Crippen LogP contribution in [0.4, 0.5) is 5.95 Å². The van der Waals surface area contributed by atoms with Gasteiger partial charge in [0.1, 0.15) is 12.4 Å². The number of carbonyl (C=O) groups is 1. The number of amides is 1. The molecular weight excluding hydrogens is 296 g/mol. The second kappa shape index (κ2) is 7.65. The molecule has 1 unspecified atom stereocenters. The van der Waals surface area contributed by atoms with Crippen LogP contribution in [0.25, 0.3) is 0 Å². The van der Waals surface area contributed by atoms with E-state index in [1.54, 1.807) is 7.05 Å². The van der Waals surface area contributed by atoms with Crippen LogP contribution in [0.15, 0.2) is 6.33 Å². The molecule has 23 heavy (non-hydrogen) atoms. The molecule has 3 heterocycles. The SMILES string of the molecule is CNC(=O)C(c1ncnc(N2CCOCC2)n1)N1CCCCC1. The number of nitrogens with zero attached hydrogens (tertiary/aromatic N) is 5. The number of piperidine rings is 1. The van der Waals surface area contributed by atoms with Crippen LogP contribution in [-0.4, -0.2) is 72.2 Å². The molecule has 2 saturated heterocycles. The zero-order valence-electron chi connectivity index (χ0n) is 13.6. The van der Waals surface area contributed by atoms with Gasteiger partial charge in [-0.1, -0.05) is 6.42 Å². The molecule has 0 spiro atoms. The molecule has 0 bridgehead atoms. The topological polar surface area (TPSA) is 83.5 Å². The van der Waals surface area contributed by atoms with E-state index in [1.165, 1.54) is 12.7 Å². The smallest absolute Gasteiger partial charge is 0.245 e. The van der Waals surface area contributed by atoms with Gasteiger partial charge in [-0.25, -0.2) is 9.97 Å². The second-order valence-corrected chi connectivity index (χ2v) is 5.86. The fraction of sp³-hybridized carbons (Fsp3) is 0.733. The number of nitrogens with one attached hydrogen (secondary N) is 1. The zero-order chi connectivity index (χ0) is 16.1. The lowest BCUT2D eigenvalue weighted by Gasteiger charge is -2.33. The normalized spacial score (nSPS) is 21.0. The molecule has 1 aromatic rings. The molecular formula is C15H24N6O2. The molecule has 1 aromatic heterocycles. The third kappa shape index (κ3) is 3.76. The molecule has 2 aliphatic rings. The van der Waals surface area contributed by atoms with Crippen LogP contribution in [0, 0.1) is 0 Å². The van der Waals surface area contributed by atoms with Crippen molar-refractivity contribution in [3.05, 3.63) is 12.2 Å². The minimum absolute atomic E-state index is 0.0639. The van der Waals surface area contributed by atoms with Crippen molar-refractivity contribution < 1.29 is 9.53 Å². The van der Waals surface area contributed by atoms with Gasteiger partial charge in [0.25, 0.3) is 0 Å². The fourth-order valence-electron chi connectivity index (χ4n) is 3.11. The van der Waals surface area contributed by atoms with Crippen LogP contribution in [0.2, 0.25) is 0 Å². The average Bonchev–Trinajstić information content (AvgIpc) is 2.64. The number of rotatable bonds is 4. The Bertz CT molecular complexity index is 528. The van der Waals surface area contributed by atoms with Gasteiger partial charge >= 0.3 is 0 Å². The standard InChI is InChI=1S/C15H24N6O2/c1-16-14(22)12(20-5-3-2-4-6-20)13-17-11-18-15(19-13)21-7-9-23-10-8-21/h11-12H,2-10H2,1H3,(H,16,22). The third-order valence-electron chi connectivity index (χ3n) is 4.37. The number of anilines is 1. The van der Waals surface area contributed by atoms with E-state index in [0.717, 1.165) is 39.0 Å². The number of ether oxygens (including phenoxy) is 1. The maximum absolute atomic E-state index is 12.4. The van der Waals surface area contributed by atoms with Gasteiger partial charge in [0.05, 0.1) is 13.2 Å². The molecule has 0 saturated carbocycles. The molecule has 3 rings (SSSR count). The van der Waals surface area contributed by atoms with Gasteiger partial charge in [0.15, 0.2) is 5.82 Å². The minimum atomic E-state index is -0.442. The highest BCUT2D eigenvalue weighted by atomic mass is 16.5. The highest BCUT2D eigenvalue weighted by Crippen LogP contribution is 2.23. The van der Waals surface area contributed by atoms with E-state index < -0.39 is 6.04 Å². The Kier molecular flexibility index (Phi) is 5.35. The fourth-order valence-corrected chi connectivity index (χ4v) is 3.11. The van der Waals surface area contributed by atoms with E-state index in [9.17, 15) is 4.79 Å². The van der Waals surface area contributed by atoms with Crippen LogP contribution >= 0.6 is 0 Å². The number of hydrogen-bond acceptors (Lipinski definition) is 7. The largest absolute Gasteiger partial charge is 0.378 e. The third-order valence-corrected chi connectivity index (χ3v) is 4.37. The quantitative estimate of drug-likeness (QED) is 0.835. The summed E-state index contributed by atoms with van der Waals surface area (Å²) in [5, 5.41) is 2.75. The lowest BCUT2D eigenvalue weighted by Crippen LogP contribution is -2.43. The predicted molar refractivity (Wildman–Crippen MR) is 85.1 cm³/mol. The first-order chi connectivity index (χ1) is 11.3. The Hall–Kier alpha value is -1.80. The highest BCUT2D eigenvalue weighted by molar-refractivity contribution is 5.82. The number of likely N-dealkylation sites (tertiary alicyclic amines) is 1. The Morgan fingerprint density at radius 3 is 2.61 bits per heavy atom. The monoisotopic (exact) mass is 320 g/mol. The van der Waals surface area contributed by atoms with Crippen LogP contribution in [0.3, 0.4) is 0 Å². The van der Waals surface area contributed by atoms with Gasteiger partial charge in [-0.05, 0) is 25.9 Å². The van der Waals surface area contributed by atoms with E-state index in [0.29, 0.717) is 25.0 Å². The van der Waals surface area contributed by atoms with Crippen LogP contribution in [0.5, 0.6) is 0 Å². The number of carbonyl (C=O) groups excluding carboxylic acids is 1. The van der Waals surface area contributed by atoms with Crippen molar-refractivity contribution in [2.75, 3.05) is 51.3 Å². The first-order valence-corrected chi connectivity index (χ1v) is 8.27. The summed E-state index contributed by atoms with van der Waals surface area (Å²) in [4.78, 5) is 29.8. The molecule has 1 atom stereocenters. The highest BCUT2D eigenvalue weighted by Gasteiger charge is 2.31. The molecule has 0 radical (unpaired) electrons. The molecule has 0 aromatic carbocycles. The summed E-state index contributed by atoms with van der Waals surface area (Å²) in [6.07, 6.45) is 4.93.